The summed E-state index contributed by atoms with van der Waals surface area (Å²) in [7, 11) is 1.54. The minimum atomic E-state index is -0.571. The minimum Gasteiger partial charge on any atom is -0.493 e. The standard InChI is InChI=1S/C22H20ClFN4O3/c1-3-20(29)28-8-7-13(11-28)31-19-9-14-17(10-18(19)30-2)25-12-26-22(14)27-16-6-4-5-15(23)21(16)24/h3-6,9-10,12-13H,1,7-8,11H2,2H3,(H,25,26,27)/t13-/m0/s1. The third-order valence-electron chi connectivity index (χ3n) is 5.05. The molecule has 9 heteroatoms. The van der Waals surface area contributed by atoms with E-state index in [1.54, 1.807) is 29.2 Å². The highest BCUT2D eigenvalue weighted by Gasteiger charge is 2.27. The lowest BCUT2D eigenvalue weighted by Crippen LogP contribution is -2.29. The number of rotatable bonds is 6. The summed E-state index contributed by atoms with van der Waals surface area (Å²) < 4.78 is 26.0. The van der Waals surface area contributed by atoms with Gasteiger partial charge in [0.25, 0.3) is 0 Å². The molecule has 1 N–H and O–H groups in total. The number of nitrogens with zero attached hydrogens (tertiary/aromatic N) is 3. The maximum absolute atomic E-state index is 14.4. The number of hydrogen-bond acceptors (Lipinski definition) is 6. The number of carbonyl (C=O) groups excluding carboxylic acids is 1. The Morgan fingerprint density at radius 1 is 1.35 bits per heavy atom. The lowest BCUT2D eigenvalue weighted by Gasteiger charge is -2.18. The number of carbonyl (C=O) groups is 1. The van der Waals surface area contributed by atoms with Gasteiger partial charge < -0.3 is 19.7 Å². The maximum Gasteiger partial charge on any atom is 0.246 e. The van der Waals surface area contributed by atoms with E-state index in [9.17, 15) is 9.18 Å². The van der Waals surface area contributed by atoms with Crippen LogP contribution < -0.4 is 14.8 Å². The molecule has 2 aromatic carbocycles. The number of amides is 1. The van der Waals surface area contributed by atoms with Gasteiger partial charge in [0.15, 0.2) is 17.3 Å². The molecule has 1 aromatic heterocycles. The van der Waals surface area contributed by atoms with Crippen molar-refractivity contribution >= 4 is 39.9 Å². The number of benzene rings is 2. The second-order valence-corrected chi connectivity index (χ2v) is 7.39. The zero-order valence-corrected chi connectivity index (χ0v) is 17.5. The third-order valence-corrected chi connectivity index (χ3v) is 5.34. The first-order valence-electron chi connectivity index (χ1n) is 9.62. The summed E-state index contributed by atoms with van der Waals surface area (Å²) in [6, 6.07) is 8.16. The average Bonchev–Trinajstić information content (AvgIpc) is 3.25. The van der Waals surface area contributed by atoms with Crippen LogP contribution in [0.15, 0.2) is 49.3 Å². The first-order valence-corrected chi connectivity index (χ1v) is 9.99. The average molecular weight is 443 g/mol. The van der Waals surface area contributed by atoms with E-state index in [-0.39, 0.29) is 22.7 Å². The monoisotopic (exact) mass is 442 g/mol. The minimum absolute atomic E-state index is 0.00825. The summed E-state index contributed by atoms with van der Waals surface area (Å²) in [5, 5.41) is 3.60. The van der Waals surface area contributed by atoms with E-state index in [0.717, 1.165) is 0 Å². The van der Waals surface area contributed by atoms with Crippen molar-refractivity contribution in [3.8, 4) is 11.5 Å². The van der Waals surface area contributed by atoms with Crippen LogP contribution in [-0.4, -0.2) is 47.1 Å². The third kappa shape index (κ3) is 4.25. The first-order chi connectivity index (χ1) is 15.0. The van der Waals surface area contributed by atoms with Crippen LogP contribution in [0, 0.1) is 5.82 Å². The van der Waals surface area contributed by atoms with Gasteiger partial charge in [0, 0.05) is 24.4 Å². The molecule has 0 unspecified atom stereocenters. The van der Waals surface area contributed by atoms with E-state index in [1.165, 1.54) is 25.6 Å². The molecule has 1 aliphatic heterocycles. The number of hydrogen-bond donors (Lipinski definition) is 1. The molecule has 0 saturated carbocycles. The Hall–Kier alpha value is -3.39. The van der Waals surface area contributed by atoms with E-state index in [4.69, 9.17) is 21.1 Å². The van der Waals surface area contributed by atoms with Gasteiger partial charge in [-0.15, -0.1) is 0 Å². The Balaban J connectivity index is 1.67. The summed E-state index contributed by atoms with van der Waals surface area (Å²) in [5.41, 5.74) is 0.791. The van der Waals surface area contributed by atoms with Gasteiger partial charge >= 0.3 is 0 Å². The molecule has 1 atom stereocenters. The fraction of sp³-hybridized carbons (Fsp3) is 0.227. The summed E-state index contributed by atoms with van der Waals surface area (Å²) >= 11 is 5.88. The molecule has 160 valence electrons. The van der Waals surface area contributed by atoms with Crippen molar-refractivity contribution in [2.24, 2.45) is 0 Å². The molecule has 1 fully saturated rings. The van der Waals surface area contributed by atoms with Crippen LogP contribution in [0.25, 0.3) is 10.9 Å². The van der Waals surface area contributed by atoms with E-state index in [1.807, 2.05) is 0 Å². The number of nitrogens with one attached hydrogen (secondary N) is 1. The number of likely N-dealkylation sites (tertiary alicyclic amines) is 1. The number of fused-ring (bicyclic) bond motifs is 1. The smallest absolute Gasteiger partial charge is 0.246 e. The van der Waals surface area contributed by atoms with Gasteiger partial charge in [-0.3, -0.25) is 4.79 Å². The Bertz CT molecular complexity index is 1160. The summed E-state index contributed by atoms with van der Waals surface area (Å²) in [6.45, 7) is 4.57. The van der Waals surface area contributed by atoms with E-state index < -0.39 is 5.82 Å². The largest absolute Gasteiger partial charge is 0.493 e. The second-order valence-electron chi connectivity index (χ2n) is 6.99. The first kappa shape index (κ1) is 20.9. The van der Waals surface area contributed by atoms with Crippen LogP contribution in [0.1, 0.15) is 6.42 Å². The molecule has 1 saturated heterocycles. The number of methoxy groups -OCH3 is 1. The predicted molar refractivity (Wildman–Crippen MR) is 117 cm³/mol. The topological polar surface area (TPSA) is 76.6 Å². The second kappa shape index (κ2) is 8.77. The van der Waals surface area contributed by atoms with E-state index in [0.29, 0.717) is 47.7 Å². The highest BCUT2D eigenvalue weighted by atomic mass is 35.5. The fourth-order valence-corrected chi connectivity index (χ4v) is 3.65. The highest BCUT2D eigenvalue weighted by Crippen LogP contribution is 2.36. The van der Waals surface area contributed by atoms with Crippen LogP contribution in [-0.2, 0) is 4.79 Å². The van der Waals surface area contributed by atoms with Gasteiger partial charge in [-0.1, -0.05) is 24.2 Å². The van der Waals surface area contributed by atoms with Crippen molar-refractivity contribution in [1.29, 1.82) is 0 Å². The summed E-state index contributed by atoms with van der Waals surface area (Å²) in [4.78, 5) is 22.1. The molecule has 31 heavy (non-hydrogen) atoms. The fourth-order valence-electron chi connectivity index (χ4n) is 3.48. The predicted octanol–water partition coefficient (Wildman–Crippen LogP) is 4.34. The Kier molecular flexibility index (Phi) is 5.90. The SMILES string of the molecule is C=CC(=O)N1CC[C@H](Oc2cc3c(Nc4cccc(Cl)c4F)ncnc3cc2OC)C1. The van der Waals surface area contributed by atoms with Crippen molar-refractivity contribution in [1.82, 2.24) is 14.9 Å². The zero-order valence-electron chi connectivity index (χ0n) is 16.8. The number of aromatic nitrogens is 2. The van der Waals surface area contributed by atoms with Crippen LogP contribution in [0.4, 0.5) is 15.9 Å². The van der Waals surface area contributed by atoms with Crippen molar-refractivity contribution in [2.75, 3.05) is 25.5 Å². The Morgan fingerprint density at radius 3 is 2.97 bits per heavy atom. The van der Waals surface area contributed by atoms with Gasteiger partial charge in [0.2, 0.25) is 5.91 Å². The molecule has 3 aromatic rings. The van der Waals surface area contributed by atoms with Crippen LogP contribution in [0.2, 0.25) is 5.02 Å². The number of anilines is 2. The van der Waals surface area contributed by atoms with E-state index in [2.05, 4.69) is 21.9 Å². The van der Waals surface area contributed by atoms with Gasteiger partial charge in [-0.05, 0) is 24.3 Å². The molecular formula is C22H20ClFN4O3. The molecule has 2 heterocycles. The van der Waals surface area contributed by atoms with Gasteiger partial charge in [0.05, 0.1) is 29.9 Å². The molecular weight excluding hydrogens is 423 g/mol. The summed E-state index contributed by atoms with van der Waals surface area (Å²) in [6.07, 6.45) is 3.17. The van der Waals surface area contributed by atoms with Gasteiger partial charge in [-0.2, -0.15) is 0 Å². The van der Waals surface area contributed by atoms with Gasteiger partial charge in [-0.25, -0.2) is 14.4 Å². The van der Waals surface area contributed by atoms with Crippen molar-refractivity contribution in [2.45, 2.75) is 12.5 Å². The molecule has 0 radical (unpaired) electrons. The number of halogens is 2. The lowest BCUT2D eigenvalue weighted by atomic mass is 10.2. The van der Waals surface area contributed by atoms with Crippen LogP contribution >= 0.6 is 11.6 Å². The quantitative estimate of drug-likeness (QED) is 0.572. The van der Waals surface area contributed by atoms with Crippen molar-refractivity contribution < 1.29 is 18.7 Å². The van der Waals surface area contributed by atoms with Crippen LogP contribution in [0.5, 0.6) is 11.5 Å². The van der Waals surface area contributed by atoms with E-state index >= 15 is 0 Å². The van der Waals surface area contributed by atoms with Gasteiger partial charge in [0.1, 0.15) is 18.2 Å². The normalized spacial score (nSPS) is 15.7. The molecule has 0 spiro atoms. The Morgan fingerprint density at radius 2 is 2.19 bits per heavy atom. The summed E-state index contributed by atoms with van der Waals surface area (Å²) in [5.74, 6) is 0.685. The van der Waals surface area contributed by atoms with Crippen molar-refractivity contribution in [3.05, 3.63) is 60.2 Å². The Labute approximate surface area is 183 Å². The maximum atomic E-state index is 14.4. The molecule has 7 nitrogen and oxygen atoms in total. The molecule has 0 bridgehead atoms. The molecule has 1 amide bonds. The highest BCUT2D eigenvalue weighted by molar-refractivity contribution is 6.31. The van der Waals surface area contributed by atoms with Crippen LogP contribution in [0.3, 0.4) is 0 Å². The lowest BCUT2D eigenvalue weighted by molar-refractivity contribution is -0.125. The number of ether oxygens (including phenoxy) is 2. The molecule has 4 rings (SSSR count). The van der Waals surface area contributed by atoms with Crippen molar-refractivity contribution in [3.63, 3.8) is 0 Å². The molecule has 1 aliphatic rings. The molecule has 0 aliphatic carbocycles. The zero-order chi connectivity index (χ0) is 22.0.